The number of hydrogen-bond acceptors (Lipinski definition) is 6. The molecule has 1 atom stereocenters. The SMILES string of the molecule is COP(=O)(OC)C(OC(=O)COc1ccc(F)cc1Cl)C(Cl)(Cl)Cl. The van der Waals surface area contributed by atoms with Crippen molar-refractivity contribution in [2.45, 2.75) is 9.64 Å². The Morgan fingerprint density at radius 3 is 2.33 bits per heavy atom. The number of esters is 1. The van der Waals surface area contributed by atoms with Crippen molar-refractivity contribution in [2.24, 2.45) is 0 Å². The van der Waals surface area contributed by atoms with Gasteiger partial charge in [0, 0.05) is 14.2 Å². The molecule has 0 saturated heterocycles. The van der Waals surface area contributed by atoms with E-state index in [1.165, 1.54) is 6.07 Å². The Morgan fingerprint density at radius 1 is 1.29 bits per heavy atom. The number of carbonyl (C=O) groups excluding carboxylic acids is 1. The standard InChI is InChI=1S/C12H12Cl4FO6P/c1-20-24(19,21-2)11(12(14,15)16)23-10(18)6-22-9-4-3-7(17)5-8(9)13/h3-5,11H,6H2,1-2H3. The molecule has 0 N–H and O–H groups in total. The average molecular weight is 444 g/mol. The van der Waals surface area contributed by atoms with E-state index in [0.29, 0.717) is 0 Å². The molecule has 1 aromatic carbocycles. The second kappa shape index (κ2) is 8.90. The fourth-order valence-corrected chi connectivity index (χ4v) is 4.03. The number of benzene rings is 1. The molecular formula is C12H12Cl4FO6P. The van der Waals surface area contributed by atoms with E-state index in [2.05, 4.69) is 9.05 Å². The van der Waals surface area contributed by atoms with Crippen molar-refractivity contribution in [2.75, 3.05) is 20.8 Å². The Balaban J connectivity index is 2.81. The minimum atomic E-state index is -4.05. The molecule has 136 valence electrons. The molecule has 0 radical (unpaired) electrons. The minimum absolute atomic E-state index is 0.0297. The van der Waals surface area contributed by atoms with Crippen LogP contribution in [0.2, 0.25) is 5.02 Å². The van der Waals surface area contributed by atoms with E-state index in [0.717, 1.165) is 26.4 Å². The van der Waals surface area contributed by atoms with E-state index < -0.39 is 35.6 Å². The second-order valence-corrected chi connectivity index (χ2v) is 9.21. The van der Waals surface area contributed by atoms with Gasteiger partial charge in [-0.25, -0.2) is 9.18 Å². The Kier molecular flexibility index (Phi) is 8.07. The molecule has 24 heavy (non-hydrogen) atoms. The molecule has 12 heteroatoms. The molecule has 1 rings (SSSR count). The van der Waals surface area contributed by atoms with Crippen molar-refractivity contribution >= 4 is 60.0 Å². The summed E-state index contributed by atoms with van der Waals surface area (Å²) < 4.78 is 42.2. The zero-order valence-corrected chi connectivity index (χ0v) is 16.2. The minimum Gasteiger partial charge on any atom is -0.480 e. The van der Waals surface area contributed by atoms with Crippen LogP contribution >= 0.6 is 54.0 Å². The van der Waals surface area contributed by atoms with Crippen LogP contribution in [-0.2, 0) is 23.1 Å². The van der Waals surface area contributed by atoms with Gasteiger partial charge >= 0.3 is 13.6 Å². The summed E-state index contributed by atoms with van der Waals surface area (Å²) >= 11 is 22.7. The van der Waals surface area contributed by atoms with Crippen LogP contribution < -0.4 is 4.74 Å². The Hall–Kier alpha value is -0.270. The lowest BCUT2D eigenvalue weighted by Gasteiger charge is -2.28. The number of ether oxygens (including phenoxy) is 2. The van der Waals surface area contributed by atoms with E-state index in [-0.39, 0.29) is 10.8 Å². The van der Waals surface area contributed by atoms with Crippen molar-refractivity contribution in [1.29, 1.82) is 0 Å². The van der Waals surface area contributed by atoms with Crippen molar-refractivity contribution in [3.05, 3.63) is 29.0 Å². The monoisotopic (exact) mass is 442 g/mol. The summed E-state index contributed by atoms with van der Waals surface area (Å²) in [5.74, 6) is -3.42. The van der Waals surface area contributed by atoms with Crippen molar-refractivity contribution < 1.29 is 32.3 Å². The third-order valence-electron chi connectivity index (χ3n) is 2.56. The maximum absolute atomic E-state index is 12.9. The van der Waals surface area contributed by atoms with E-state index >= 15 is 0 Å². The van der Waals surface area contributed by atoms with Gasteiger partial charge in [-0.05, 0) is 18.2 Å². The third-order valence-corrected chi connectivity index (χ3v) is 5.99. The number of carbonyl (C=O) groups is 1. The zero-order chi connectivity index (χ0) is 18.5. The molecule has 0 aliphatic rings. The van der Waals surface area contributed by atoms with Gasteiger partial charge in [0.2, 0.25) is 9.64 Å². The average Bonchev–Trinajstić information content (AvgIpc) is 2.50. The maximum atomic E-state index is 12.9. The van der Waals surface area contributed by atoms with Crippen LogP contribution in [0, 0.1) is 5.82 Å². The van der Waals surface area contributed by atoms with Crippen molar-refractivity contribution in [3.63, 3.8) is 0 Å². The molecule has 0 amide bonds. The van der Waals surface area contributed by atoms with Crippen LogP contribution in [0.1, 0.15) is 0 Å². The fourth-order valence-electron chi connectivity index (χ4n) is 1.46. The van der Waals surface area contributed by atoms with E-state index in [9.17, 15) is 13.8 Å². The lowest BCUT2D eigenvalue weighted by Crippen LogP contribution is -2.34. The summed E-state index contributed by atoms with van der Waals surface area (Å²) in [6.45, 7) is -0.671. The molecule has 0 spiro atoms. The maximum Gasteiger partial charge on any atom is 0.374 e. The first-order valence-electron chi connectivity index (χ1n) is 6.08. The molecule has 0 heterocycles. The summed E-state index contributed by atoms with van der Waals surface area (Å²) in [7, 11) is -1.97. The van der Waals surface area contributed by atoms with Crippen LogP contribution in [0.25, 0.3) is 0 Å². The highest BCUT2D eigenvalue weighted by Gasteiger charge is 2.51. The summed E-state index contributed by atoms with van der Waals surface area (Å²) in [4.78, 5) is 11.9. The quantitative estimate of drug-likeness (QED) is 0.349. The second-order valence-electron chi connectivity index (χ2n) is 4.15. The molecule has 1 unspecified atom stereocenters. The molecule has 6 nitrogen and oxygen atoms in total. The highest BCUT2D eigenvalue weighted by atomic mass is 35.6. The predicted molar refractivity (Wildman–Crippen MR) is 88.7 cm³/mol. The normalized spacial score (nSPS) is 13.5. The molecule has 1 aromatic rings. The number of hydrogen-bond donors (Lipinski definition) is 0. The third kappa shape index (κ3) is 5.92. The van der Waals surface area contributed by atoms with Crippen LogP contribution in [-0.4, -0.2) is 36.4 Å². The van der Waals surface area contributed by atoms with Crippen LogP contribution in [0.15, 0.2) is 18.2 Å². The Morgan fingerprint density at radius 2 is 1.88 bits per heavy atom. The molecule has 0 saturated carbocycles. The van der Waals surface area contributed by atoms with Gasteiger partial charge in [-0.2, -0.15) is 0 Å². The van der Waals surface area contributed by atoms with Crippen molar-refractivity contribution in [3.8, 4) is 5.75 Å². The first kappa shape index (κ1) is 21.8. The number of rotatable bonds is 7. The van der Waals surface area contributed by atoms with Gasteiger partial charge in [0.15, 0.2) is 6.61 Å². The number of halogens is 5. The van der Waals surface area contributed by atoms with E-state index in [1.807, 2.05) is 0 Å². The summed E-state index contributed by atoms with van der Waals surface area (Å²) in [5.41, 5.74) is 0. The number of alkyl halides is 3. The highest BCUT2D eigenvalue weighted by Crippen LogP contribution is 2.59. The van der Waals surface area contributed by atoms with Gasteiger partial charge in [0.25, 0.3) is 0 Å². The smallest absolute Gasteiger partial charge is 0.374 e. The topological polar surface area (TPSA) is 71.1 Å². The van der Waals surface area contributed by atoms with Gasteiger partial charge in [-0.3, -0.25) is 4.57 Å². The Labute approximate surface area is 157 Å². The van der Waals surface area contributed by atoms with Crippen LogP contribution in [0.4, 0.5) is 4.39 Å². The summed E-state index contributed by atoms with van der Waals surface area (Å²) in [6, 6.07) is 3.30. The molecular weight excluding hydrogens is 432 g/mol. The summed E-state index contributed by atoms with van der Waals surface area (Å²) in [5, 5.41) is -0.0554. The molecule has 0 aliphatic carbocycles. The first-order valence-corrected chi connectivity index (χ1v) is 9.21. The van der Waals surface area contributed by atoms with Crippen LogP contribution in [0.5, 0.6) is 5.75 Å². The lowest BCUT2D eigenvalue weighted by atomic mass is 10.3. The first-order chi connectivity index (χ1) is 11.0. The fraction of sp³-hybridized carbons (Fsp3) is 0.417. The van der Waals surface area contributed by atoms with Gasteiger partial charge in [-0.15, -0.1) is 0 Å². The van der Waals surface area contributed by atoms with Gasteiger partial charge in [-0.1, -0.05) is 46.4 Å². The van der Waals surface area contributed by atoms with Gasteiger partial charge in [0.05, 0.1) is 5.02 Å². The molecule has 0 aliphatic heterocycles. The van der Waals surface area contributed by atoms with E-state index in [1.54, 1.807) is 0 Å². The highest BCUT2D eigenvalue weighted by molar-refractivity contribution is 7.55. The van der Waals surface area contributed by atoms with Gasteiger partial charge < -0.3 is 18.5 Å². The van der Waals surface area contributed by atoms with Gasteiger partial charge in [0.1, 0.15) is 11.6 Å². The summed E-state index contributed by atoms with van der Waals surface area (Å²) in [6.07, 6.45) is 0. The molecule has 0 aromatic heterocycles. The van der Waals surface area contributed by atoms with Crippen molar-refractivity contribution in [1.82, 2.24) is 0 Å². The van der Waals surface area contributed by atoms with Crippen LogP contribution in [0.3, 0.4) is 0 Å². The Bertz CT molecular complexity index is 630. The largest absolute Gasteiger partial charge is 0.480 e. The zero-order valence-electron chi connectivity index (χ0n) is 12.3. The van der Waals surface area contributed by atoms with E-state index in [4.69, 9.17) is 55.9 Å². The molecule has 0 bridgehead atoms. The predicted octanol–water partition coefficient (Wildman–Crippen LogP) is 4.58. The molecule has 0 fully saturated rings. The lowest BCUT2D eigenvalue weighted by molar-refractivity contribution is -0.148.